The van der Waals surface area contributed by atoms with Crippen LogP contribution in [0.4, 0.5) is 5.69 Å². The van der Waals surface area contributed by atoms with E-state index in [1.165, 1.54) is 11.1 Å². The molecule has 1 aliphatic heterocycles. The van der Waals surface area contributed by atoms with E-state index in [-0.39, 0.29) is 6.10 Å². The van der Waals surface area contributed by atoms with E-state index in [0.29, 0.717) is 6.04 Å². The first-order chi connectivity index (χ1) is 8.13. The standard InChI is InChI=1S/C14H22N2O/c1-10(11(2)17-3)16-8-7-12-5-4-6-14(15)13(12)9-16/h4-6,10-11H,7-9,15H2,1-3H3. The maximum Gasteiger partial charge on any atom is 0.0695 e. The van der Waals surface area contributed by atoms with E-state index < -0.39 is 0 Å². The summed E-state index contributed by atoms with van der Waals surface area (Å²) in [5.41, 5.74) is 9.68. The van der Waals surface area contributed by atoms with Crippen molar-refractivity contribution in [3.05, 3.63) is 29.3 Å². The molecule has 3 heteroatoms. The third-order valence-corrected chi connectivity index (χ3v) is 3.97. The molecule has 2 rings (SSSR count). The molecule has 1 aromatic rings. The molecule has 0 saturated carbocycles. The molecule has 0 aromatic heterocycles. The predicted molar refractivity (Wildman–Crippen MR) is 70.9 cm³/mol. The van der Waals surface area contributed by atoms with E-state index in [9.17, 15) is 0 Å². The van der Waals surface area contributed by atoms with Crippen molar-refractivity contribution in [1.29, 1.82) is 0 Å². The molecule has 0 fully saturated rings. The summed E-state index contributed by atoms with van der Waals surface area (Å²) in [4.78, 5) is 2.45. The Bertz CT molecular complexity index is 392. The summed E-state index contributed by atoms with van der Waals surface area (Å²) >= 11 is 0. The van der Waals surface area contributed by atoms with Gasteiger partial charge in [-0.3, -0.25) is 4.90 Å². The Morgan fingerprint density at radius 3 is 2.82 bits per heavy atom. The minimum atomic E-state index is 0.251. The van der Waals surface area contributed by atoms with Crippen molar-refractivity contribution in [1.82, 2.24) is 4.90 Å². The van der Waals surface area contributed by atoms with Crippen LogP contribution in [0, 0.1) is 0 Å². The van der Waals surface area contributed by atoms with Crippen molar-refractivity contribution >= 4 is 5.69 Å². The van der Waals surface area contributed by atoms with Gasteiger partial charge < -0.3 is 10.5 Å². The molecule has 1 heterocycles. The fourth-order valence-corrected chi connectivity index (χ4v) is 2.47. The van der Waals surface area contributed by atoms with Crippen molar-refractivity contribution in [3.63, 3.8) is 0 Å². The largest absolute Gasteiger partial charge is 0.398 e. The van der Waals surface area contributed by atoms with Crippen molar-refractivity contribution < 1.29 is 4.74 Å². The number of rotatable bonds is 3. The number of methoxy groups -OCH3 is 1. The minimum absolute atomic E-state index is 0.251. The van der Waals surface area contributed by atoms with E-state index in [2.05, 4.69) is 24.8 Å². The van der Waals surface area contributed by atoms with Crippen LogP contribution >= 0.6 is 0 Å². The van der Waals surface area contributed by atoms with E-state index in [1.807, 2.05) is 12.1 Å². The second kappa shape index (κ2) is 5.07. The van der Waals surface area contributed by atoms with Crippen molar-refractivity contribution in [2.75, 3.05) is 19.4 Å². The van der Waals surface area contributed by atoms with Crippen molar-refractivity contribution in [2.45, 2.75) is 39.0 Å². The van der Waals surface area contributed by atoms with Gasteiger partial charge in [0.15, 0.2) is 0 Å². The first-order valence-corrected chi connectivity index (χ1v) is 6.26. The lowest BCUT2D eigenvalue weighted by Gasteiger charge is -2.36. The van der Waals surface area contributed by atoms with Gasteiger partial charge in [-0.2, -0.15) is 0 Å². The Hall–Kier alpha value is -1.06. The number of nitrogens with two attached hydrogens (primary N) is 1. The molecule has 0 saturated heterocycles. The summed E-state index contributed by atoms with van der Waals surface area (Å²) < 4.78 is 5.41. The average Bonchev–Trinajstić information content (AvgIpc) is 2.37. The second-order valence-corrected chi connectivity index (χ2v) is 4.89. The molecule has 0 bridgehead atoms. The van der Waals surface area contributed by atoms with Crippen molar-refractivity contribution in [2.24, 2.45) is 0 Å². The van der Waals surface area contributed by atoms with Gasteiger partial charge in [-0.15, -0.1) is 0 Å². The van der Waals surface area contributed by atoms with Gasteiger partial charge in [0.25, 0.3) is 0 Å². The topological polar surface area (TPSA) is 38.5 Å². The van der Waals surface area contributed by atoms with E-state index in [0.717, 1.165) is 25.2 Å². The fourth-order valence-electron chi connectivity index (χ4n) is 2.47. The van der Waals surface area contributed by atoms with Crippen LogP contribution in [0.5, 0.6) is 0 Å². The Labute approximate surface area is 104 Å². The van der Waals surface area contributed by atoms with E-state index >= 15 is 0 Å². The van der Waals surface area contributed by atoms with Crippen LogP contribution in [0.15, 0.2) is 18.2 Å². The number of nitrogen functional groups attached to an aromatic ring is 1. The number of anilines is 1. The summed E-state index contributed by atoms with van der Waals surface area (Å²) in [6.07, 6.45) is 1.34. The smallest absolute Gasteiger partial charge is 0.0695 e. The molecular weight excluding hydrogens is 212 g/mol. The molecule has 0 radical (unpaired) electrons. The highest BCUT2D eigenvalue weighted by molar-refractivity contribution is 5.51. The second-order valence-electron chi connectivity index (χ2n) is 4.89. The quantitative estimate of drug-likeness (QED) is 0.813. The van der Waals surface area contributed by atoms with Gasteiger partial charge >= 0.3 is 0 Å². The minimum Gasteiger partial charge on any atom is -0.398 e. The Balaban J connectivity index is 2.15. The number of benzene rings is 1. The Kier molecular flexibility index (Phi) is 3.69. The summed E-state index contributed by atoms with van der Waals surface area (Å²) in [6.45, 7) is 6.37. The highest BCUT2D eigenvalue weighted by Gasteiger charge is 2.25. The maximum absolute atomic E-state index is 6.05. The Morgan fingerprint density at radius 1 is 1.35 bits per heavy atom. The zero-order valence-corrected chi connectivity index (χ0v) is 10.9. The number of hydrogen-bond donors (Lipinski definition) is 1. The highest BCUT2D eigenvalue weighted by Crippen LogP contribution is 2.26. The normalized spacial score (nSPS) is 19.7. The summed E-state index contributed by atoms with van der Waals surface area (Å²) in [6, 6.07) is 6.65. The molecule has 2 atom stereocenters. The molecule has 3 nitrogen and oxygen atoms in total. The number of fused-ring (bicyclic) bond motifs is 1. The molecule has 0 aliphatic carbocycles. The molecule has 1 aliphatic rings. The summed E-state index contributed by atoms with van der Waals surface area (Å²) in [7, 11) is 1.77. The zero-order valence-electron chi connectivity index (χ0n) is 10.9. The number of nitrogens with zero attached hydrogens (tertiary/aromatic N) is 1. The first kappa shape index (κ1) is 12.4. The van der Waals surface area contributed by atoms with E-state index in [1.54, 1.807) is 7.11 Å². The molecule has 0 amide bonds. The van der Waals surface area contributed by atoms with Gasteiger partial charge in [0.1, 0.15) is 0 Å². The SMILES string of the molecule is COC(C)C(C)N1CCc2cccc(N)c2C1. The zero-order chi connectivity index (χ0) is 12.4. The lowest BCUT2D eigenvalue weighted by atomic mass is 9.96. The molecule has 2 unspecified atom stereocenters. The van der Waals surface area contributed by atoms with Crippen molar-refractivity contribution in [3.8, 4) is 0 Å². The third kappa shape index (κ3) is 2.45. The first-order valence-electron chi connectivity index (χ1n) is 6.26. The van der Waals surface area contributed by atoms with Gasteiger partial charge in [0.2, 0.25) is 0 Å². The van der Waals surface area contributed by atoms with Crippen LogP contribution in [0.1, 0.15) is 25.0 Å². The molecule has 94 valence electrons. The van der Waals surface area contributed by atoms with Crippen LogP contribution in [0.25, 0.3) is 0 Å². The maximum atomic E-state index is 6.05. The van der Waals surface area contributed by atoms with Gasteiger partial charge in [-0.1, -0.05) is 12.1 Å². The summed E-state index contributed by atoms with van der Waals surface area (Å²) in [5, 5.41) is 0. The van der Waals surface area contributed by atoms with E-state index in [4.69, 9.17) is 10.5 Å². The van der Waals surface area contributed by atoms with Gasteiger partial charge in [-0.25, -0.2) is 0 Å². The van der Waals surface area contributed by atoms with Crippen LogP contribution in [-0.2, 0) is 17.7 Å². The van der Waals surface area contributed by atoms with Gasteiger partial charge in [-0.05, 0) is 37.5 Å². The molecule has 0 spiro atoms. The lowest BCUT2D eigenvalue weighted by Crippen LogP contribution is -2.44. The molecule has 17 heavy (non-hydrogen) atoms. The third-order valence-electron chi connectivity index (χ3n) is 3.97. The lowest BCUT2D eigenvalue weighted by molar-refractivity contribution is 0.0277. The number of ether oxygens (including phenoxy) is 1. The van der Waals surface area contributed by atoms with Gasteiger partial charge in [0.05, 0.1) is 6.10 Å². The van der Waals surface area contributed by atoms with Crippen LogP contribution in [-0.4, -0.2) is 30.7 Å². The predicted octanol–water partition coefficient (Wildman–Crippen LogP) is 2.05. The summed E-state index contributed by atoms with van der Waals surface area (Å²) in [5.74, 6) is 0. The monoisotopic (exact) mass is 234 g/mol. The van der Waals surface area contributed by atoms with Crippen LogP contribution in [0.2, 0.25) is 0 Å². The molecule has 1 aromatic carbocycles. The Morgan fingerprint density at radius 2 is 2.12 bits per heavy atom. The van der Waals surface area contributed by atoms with Gasteiger partial charge in [0, 0.05) is 31.9 Å². The highest BCUT2D eigenvalue weighted by atomic mass is 16.5. The molecular formula is C14H22N2O. The van der Waals surface area contributed by atoms with Crippen LogP contribution < -0.4 is 5.73 Å². The number of hydrogen-bond acceptors (Lipinski definition) is 3. The fraction of sp³-hybridized carbons (Fsp3) is 0.571. The molecule has 2 N–H and O–H groups in total. The van der Waals surface area contributed by atoms with Crippen LogP contribution in [0.3, 0.4) is 0 Å². The average molecular weight is 234 g/mol.